The molecule has 0 amide bonds. The highest BCUT2D eigenvalue weighted by Crippen LogP contribution is 2.37. The van der Waals surface area contributed by atoms with Crippen LogP contribution in [0.2, 0.25) is 18.1 Å². The lowest BCUT2D eigenvalue weighted by molar-refractivity contribution is -0.134. The lowest BCUT2D eigenvalue weighted by Crippen LogP contribution is -2.43. The molecule has 0 saturated carbocycles. The van der Waals surface area contributed by atoms with E-state index in [1.54, 1.807) is 0 Å². The summed E-state index contributed by atoms with van der Waals surface area (Å²) in [6.45, 7) is 13.1. The van der Waals surface area contributed by atoms with Gasteiger partial charge in [0.25, 0.3) is 0 Å². The molecule has 4 heteroatoms. The molecule has 0 aliphatic heterocycles. The lowest BCUT2D eigenvalue weighted by Gasteiger charge is -2.38. The van der Waals surface area contributed by atoms with Gasteiger partial charge in [0.05, 0.1) is 13.2 Å². The Morgan fingerprint density at radius 2 is 1.87 bits per heavy atom. The zero-order chi connectivity index (χ0) is 17.9. The minimum atomic E-state index is -1.86. The van der Waals surface area contributed by atoms with Gasteiger partial charge in [-0.1, -0.05) is 45.1 Å². The summed E-state index contributed by atoms with van der Waals surface area (Å²) in [4.78, 5) is 11.4. The second kappa shape index (κ2) is 10.6. The Kier molecular flexibility index (Phi) is 10.1. The van der Waals surface area contributed by atoms with Gasteiger partial charge in [0.1, 0.15) is 0 Å². The number of hydrogen-bond donors (Lipinski definition) is 0. The van der Waals surface area contributed by atoms with Crippen molar-refractivity contribution in [2.24, 2.45) is 0 Å². The van der Waals surface area contributed by atoms with E-state index < -0.39 is 8.32 Å². The number of rotatable bonds is 9. The predicted molar refractivity (Wildman–Crippen MR) is 101 cm³/mol. The molecule has 0 N–H and O–H groups in total. The average molecular weight is 339 g/mol. The maximum atomic E-state index is 11.4. The molecule has 0 aromatic carbocycles. The van der Waals surface area contributed by atoms with Gasteiger partial charge in [-0.2, -0.15) is 0 Å². The Morgan fingerprint density at radius 1 is 1.22 bits per heavy atom. The summed E-state index contributed by atoms with van der Waals surface area (Å²) in [5.41, 5.74) is 0. The molecule has 1 atom stereocenters. The minimum Gasteiger partial charge on any atom is -0.466 e. The Balaban J connectivity index is 4.76. The summed E-state index contributed by atoms with van der Waals surface area (Å²) in [5, 5.41) is 0.149. The smallest absolute Gasteiger partial charge is 0.330 e. The molecule has 0 aliphatic carbocycles. The van der Waals surface area contributed by atoms with E-state index in [0.29, 0.717) is 0 Å². The fourth-order valence-electron chi connectivity index (χ4n) is 1.73. The number of carbonyl (C=O) groups excluding carboxylic acids is 1. The first-order chi connectivity index (χ1) is 10.6. The molecule has 0 aliphatic rings. The van der Waals surface area contributed by atoms with Crippen LogP contribution in [0.5, 0.6) is 0 Å². The molecule has 0 rings (SSSR count). The van der Waals surface area contributed by atoms with Gasteiger partial charge < -0.3 is 9.16 Å². The van der Waals surface area contributed by atoms with E-state index in [0.717, 1.165) is 19.3 Å². The molecule has 3 nitrogen and oxygen atoms in total. The molecule has 23 heavy (non-hydrogen) atoms. The summed E-state index contributed by atoms with van der Waals surface area (Å²) in [6.07, 6.45) is 14.5. The van der Waals surface area contributed by atoms with Crippen LogP contribution in [0.3, 0.4) is 0 Å². The third-order valence-corrected chi connectivity index (χ3v) is 8.70. The van der Waals surface area contributed by atoms with E-state index in [9.17, 15) is 4.79 Å². The van der Waals surface area contributed by atoms with Gasteiger partial charge in [0.15, 0.2) is 8.32 Å². The van der Waals surface area contributed by atoms with E-state index >= 15 is 0 Å². The maximum Gasteiger partial charge on any atom is 0.330 e. The zero-order valence-corrected chi connectivity index (χ0v) is 16.9. The monoisotopic (exact) mass is 338 g/mol. The van der Waals surface area contributed by atoms with Crippen LogP contribution in [0.15, 0.2) is 36.5 Å². The van der Waals surface area contributed by atoms with Gasteiger partial charge in [-0.15, -0.1) is 0 Å². The summed E-state index contributed by atoms with van der Waals surface area (Å²) in [6, 6.07) is 0. The van der Waals surface area contributed by atoms with E-state index in [2.05, 4.69) is 50.8 Å². The molecule has 0 fully saturated rings. The van der Waals surface area contributed by atoms with Gasteiger partial charge in [-0.3, -0.25) is 0 Å². The van der Waals surface area contributed by atoms with Crippen molar-refractivity contribution in [2.45, 2.75) is 71.2 Å². The van der Waals surface area contributed by atoms with Crippen molar-refractivity contribution in [3.8, 4) is 0 Å². The van der Waals surface area contributed by atoms with Gasteiger partial charge in [-0.25, -0.2) is 4.79 Å². The molecule has 1 unspecified atom stereocenters. The van der Waals surface area contributed by atoms with Crippen molar-refractivity contribution in [1.82, 2.24) is 0 Å². The SMILES string of the molecule is C/C=C/C=C/CCCC(/C=C/C(=O)OC)O[Si](C)(C)C(C)(C)C. The first-order valence-electron chi connectivity index (χ1n) is 8.36. The van der Waals surface area contributed by atoms with Crippen molar-refractivity contribution >= 4 is 14.3 Å². The van der Waals surface area contributed by atoms with Crippen molar-refractivity contribution in [2.75, 3.05) is 7.11 Å². The topological polar surface area (TPSA) is 35.5 Å². The minimum absolute atomic E-state index is 0.0369. The number of allylic oxidation sites excluding steroid dienone is 4. The van der Waals surface area contributed by atoms with Crippen LogP contribution in [0.25, 0.3) is 0 Å². The quantitative estimate of drug-likeness (QED) is 0.185. The first kappa shape index (κ1) is 21.9. The third kappa shape index (κ3) is 9.56. The normalized spacial score (nSPS) is 14.9. The molecule has 0 saturated heterocycles. The number of methoxy groups -OCH3 is 1. The largest absolute Gasteiger partial charge is 0.466 e. The van der Waals surface area contributed by atoms with E-state index in [1.165, 1.54) is 13.2 Å². The predicted octanol–water partition coefficient (Wildman–Crippen LogP) is 5.41. The lowest BCUT2D eigenvalue weighted by atomic mass is 10.1. The van der Waals surface area contributed by atoms with E-state index in [4.69, 9.17) is 4.43 Å². The molecular formula is C19H34O3Si. The molecule has 0 radical (unpaired) electrons. The Bertz CT molecular complexity index is 428. The van der Waals surface area contributed by atoms with E-state index in [-0.39, 0.29) is 17.1 Å². The first-order valence-corrected chi connectivity index (χ1v) is 11.3. The van der Waals surface area contributed by atoms with Gasteiger partial charge in [-0.05, 0) is 50.4 Å². The van der Waals surface area contributed by atoms with Crippen LogP contribution in [0.1, 0.15) is 47.0 Å². The van der Waals surface area contributed by atoms with Gasteiger partial charge in [0.2, 0.25) is 0 Å². The Hall–Kier alpha value is -1.13. The number of ether oxygens (including phenoxy) is 1. The average Bonchev–Trinajstić information content (AvgIpc) is 2.46. The van der Waals surface area contributed by atoms with Crippen molar-refractivity contribution in [1.29, 1.82) is 0 Å². The molecule has 132 valence electrons. The molecular weight excluding hydrogens is 304 g/mol. The molecule has 0 aromatic rings. The van der Waals surface area contributed by atoms with Crippen molar-refractivity contribution < 1.29 is 14.0 Å². The van der Waals surface area contributed by atoms with Gasteiger partial charge >= 0.3 is 5.97 Å². The maximum absolute atomic E-state index is 11.4. The van der Waals surface area contributed by atoms with Crippen LogP contribution in [0.4, 0.5) is 0 Å². The second-order valence-electron chi connectivity index (χ2n) is 7.18. The molecule has 0 aromatic heterocycles. The van der Waals surface area contributed by atoms with Crippen LogP contribution in [-0.4, -0.2) is 27.5 Å². The summed E-state index contributed by atoms with van der Waals surface area (Å²) in [7, 11) is -0.473. The highest BCUT2D eigenvalue weighted by molar-refractivity contribution is 6.74. The fraction of sp³-hybridized carbons (Fsp3) is 0.632. The summed E-state index contributed by atoms with van der Waals surface area (Å²) >= 11 is 0. The number of carbonyl (C=O) groups is 1. The van der Waals surface area contributed by atoms with Crippen molar-refractivity contribution in [3.63, 3.8) is 0 Å². The van der Waals surface area contributed by atoms with Crippen molar-refractivity contribution in [3.05, 3.63) is 36.5 Å². The van der Waals surface area contributed by atoms with E-state index in [1.807, 2.05) is 25.2 Å². The van der Waals surface area contributed by atoms with Crippen LogP contribution in [-0.2, 0) is 14.0 Å². The van der Waals surface area contributed by atoms with Crippen LogP contribution in [0, 0.1) is 0 Å². The Labute approximate surface area is 143 Å². The zero-order valence-electron chi connectivity index (χ0n) is 15.9. The second-order valence-corrected chi connectivity index (χ2v) is 11.9. The molecule has 0 heterocycles. The highest BCUT2D eigenvalue weighted by atomic mass is 28.4. The highest BCUT2D eigenvalue weighted by Gasteiger charge is 2.38. The summed E-state index contributed by atoms with van der Waals surface area (Å²) in [5.74, 6) is -0.332. The third-order valence-electron chi connectivity index (χ3n) is 4.20. The van der Waals surface area contributed by atoms with Crippen LogP contribution < -0.4 is 0 Å². The number of hydrogen-bond acceptors (Lipinski definition) is 3. The molecule has 0 spiro atoms. The Morgan fingerprint density at radius 3 is 2.39 bits per heavy atom. The summed E-state index contributed by atoms with van der Waals surface area (Å²) < 4.78 is 11.1. The van der Waals surface area contributed by atoms with Gasteiger partial charge in [0, 0.05) is 6.08 Å². The molecule has 0 bridgehead atoms. The standard InChI is InChI=1S/C19H34O3Si/c1-8-9-10-11-12-13-14-17(15-16-18(20)21-5)22-23(6,7)19(2,3)4/h8-11,15-17H,12-14H2,1-7H3/b9-8+,11-10+,16-15+. The van der Waals surface area contributed by atoms with Crippen LogP contribution >= 0.6 is 0 Å². The number of unbranched alkanes of at least 4 members (excludes halogenated alkanes) is 1. The number of esters is 1. The fourth-order valence-corrected chi connectivity index (χ4v) is 3.03.